The molecule has 0 spiro atoms. The summed E-state index contributed by atoms with van der Waals surface area (Å²) in [6.45, 7) is 0.368. The summed E-state index contributed by atoms with van der Waals surface area (Å²) in [7, 11) is 3.35. The zero-order valence-electron chi connectivity index (χ0n) is 10.4. The normalized spacial score (nSPS) is 9.76. The highest BCUT2D eigenvalue weighted by Gasteiger charge is 2.06. The Morgan fingerprint density at radius 3 is 2.24 bits per heavy atom. The van der Waals surface area contributed by atoms with Gasteiger partial charge in [-0.05, 0) is 12.8 Å². The highest BCUT2D eigenvalue weighted by molar-refractivity contribution is 5.78. The van der Waals surface area contributed by atoms with Crippen LogP contribution in [0.15, 0.2) is 0 Å². The Morgan fingerprint density at radius 2 is 1.71 bits per heavy atom. The van der Waals surface area contributed by atoms with Crippen LogP contribution in [0, 0.1) is 0 Å². The molecule has 0 aliphatic rings. The van der Waals surface area contributed by atoms with Crippen LogP contribution in [-0.2, 0) is 14.4 Å². The van der Waals surface area contributed by atoms with Crippen LogP contribution in [0.1, 0.15) is 32.1 Å². The fourth-order valence-corrected chi connectivity index (χ4v) is 1.18. The third kappa shape index (κ3) is 9.35. The SMILES string of the molecule is CN(C)C(=O)CCCC(=O)NCCCC(=O)O. The van der Waals surface area contributed by atoms with Gasteiger partial charge in [-0.3, -0.25) is 14.4 Å². The van der Waals surface area contributed by atoms with Gasteiger partial charge in [0, 0.05) is 39.9 Å². The molecule has 0 saturated carbocycles. The summed E-state index contributed by atoms with van der Waals surface area (Å²) in [4.78, 5) is 34.1. The number of carbonyl (C=O) groups is 3. The maximum absolute atomic E-state index is 11.3. The summed E-state index contributed by atoms with van der Waals surface area (Å²) in [6, 6.07) is 0. The van der Waals surface area contributed by atoms with Crippen LogP contribution >= 0.6 is 0 Å². The van der Waals surface area contributed by atoms with E-state index in [-0.39, 0.29) is 18.2 Å². The molecule has 0 unspecified atom stereocenters. The van der Waals surface area contributed by atoms with Gasteiger partial charge in [0.05, 0.1) is 0 Å². The second-order valence-electron chi connectivity index (χ2n) is 3.99. The molecule has 6 nitrogen and oxygen atoms in total. The average Bonchev–Trinajstić information content (AvgIpc) is 2.23. The summed E-state index contributed by atoms with van der Waals surface area (Å²) in [5.41, 5.74) is 0. The van der Waals surface area contributed by atoms with E-state index in [1.165, 1.54) is 4.90 Å². The van der Waals surface area contributed by atoms with Gasteiger partial charge in [0.2, 0.25) is 11.8 Å². The summed E-state index contributed by atoms with van der Waals surface area (Å²) in [5.74, 6) is -0.999. The highest BCUT2D eigenvalue weighted by Crippen LogP contribution is 1.98. The van der Waals surface area contributed by atoms with Crippen LogP contribution in [-0.4, -0.2) is 48.4 Å². The zero-order chi connectivity index (χ0) is 13.3. The summed E-state index contributed by atoms with van der Waals surface area (Å²) >= 11 is 0. The van der Waals surface area contributed by atoms with E-state index in [1.807, 2.05) is 0 Å². The van der Waals surface area contributed by atoms with E-state index in [0.717, 1.165) is 0 Å². The largest absolute Gasteiger partial charge is 0.481 e. The molecule has 0 bridgehead atoms. The third-order valence-corrected chi connectivity index (χ3v) is 2.18. The molecule has 0 rings (SSSR count). The van der Waals surface area contributed by atoms with Crippen LogP contribution in [0.5, 0.6) is 0 Å². The molecule has 0 atom stereocenters. The predicted molar refractivity (Wildman–Crippen MR) is 62.4 cm³/mol. The van der Waals surface area contributed by atoms with Gasteiger partial charge in [-0.25, -0.2) is 0 Å². The van der Waals surface area contributed by atoms with Crippen molar-refractivity contribution in [3.63, 3.8) is 0 Å². The second kappa shape index (κ2) is 8.55. The lowest BCUT2D eigenvalue weighted by molar-refractivity contribution is -0.137. The minimum Gasteiger partial charge on any atom is -0.481 e. The monoisotopic (exact) mass is 244 g/mol. The Bertz CT molecular complexity index is 277. The topological polar surface area (TPSA) is 86.7 Å². The molecule has 0 aliphatic carbocycles. The molecule has 0 heterocycles. The van der Waals surface area contributed by atoms with Gasteiger partial charge in [0.1, 0.15) is 0 Å². The van der Waals surface area contributed by atoms with Crippen LogP contribution in [0.3, 0.4) is 0 Å². The fourth-order valence-electron chi connectivity index (χ4n) is 1.18. The van der Waals surface area contributed by atoms with Crippen molar-refractivity contribution < 1.29 is 19.5 Å². The molecule has 0 fully saturated rings. The third-order valence-electron chi connectivity index (χ3n) is 2.18. The standard InChI is InChI=1S/C11H20N2O4/c1-13(2)10(15)6-3-5-9(14)12-8-4-7-11(16)17/h3-8H2,1-2H3,(H,12,14)(H,16,17). The number of nitrogens with zero attached hydrogens (tertiary/aromatic N) is 1. The van der Waals surface area contributed by atoms with Crippen molar-refractivity contribution in [2.24, 2.45) is 0 Å². The summed E-state index contributed by atoms with van der Waals surface area (Å²) < 4.78 is 0. The molecule has 0 saturated heterocycles. The van der Waals surface area contributed by atoms with Crippen molar-refractivity contribution >= 4 is 17.8 Å². The number of carbonyl (C=O) groups excluding carboxylic acids is 2. The predicted octanol–water partition coefficient (Wildman–Crippen LogP) is 0.226. The molecule has 6 heteroatoms. The van der Waals surface area contributed by atoms with Gasteiger partial charge in [0.25, 0.3) is 0 Å². The number of aliphatic carboxylic acids is 1. The molecule has 0 aromatic carbocycles. The van der Waals surface area contributed by atoms with E-state index < -0.39 is 5.97 Å². The molecule has 0 aliphatic heterocycles. The van der Waals surface area contributed by atoms with Crippen LogP contribution in [0.25, 0.3) is 0 Å². The first-order valence-corrected chi connectivity index (χ1v) is 5.62. The average molecular weight is 244 g/mol. The van der Waals surface area contributed by atoms with Crippen LogP contribution < -0.4 is 5.32 Å². The maximum atomic E-state index is 11.3. The van der Waals surface area contributed by atoms with Crippen molar-refractivity contribution in [3.8, 4) is 0 Å². The Balaban J connectivity index is 3.47. The van der Waals surface area contributed by atoms with Crippen molar-refractivity contribution in [1.82, 2.24) is 10.2 Å². The lowest BCUT2D eigenvalue weighted by Gasteiger charge is -2.09. The zero-order valence-corrected chi connectivity index (χ0v) is 10.4. The Morgan fingerprint density at radius 1 is 1.06 bits per heavy atom. The number of hydrogen-bond acceptors (Lipinski definition) is 3. The molecule has 0 radical (unpaired) electrons. The fraction of sp³-hybridized carbons (Fsp3) is 0.727. The lowest BCUT2D eigenvalue weighted by Crippen LogP contribution is -2.26. The second-order valence-corrected chi connectivity index (χ2v) is 3.99. The van der Waals surface area contributed by atoms with Crippen molar-refractivity contribution in [2.45, 2.75) is 32.1 Å². The molecule has 17 heavy (non-hydrogen) atoms. The number of hydrogen-bond donors (Lipinski definition) is 2. The van der Waals surface area contributed by atoms with Crippen LogP contribution in [0.4, 0.5) is 0 Å². The van der Waals surface area contributed by atoms with Crippen molar-refractivity contribution in [3.05, 3.63) is 0 Å². The van der Waals surface area contributed by atoms with E-state index in [1.54, 1.807) is 14.1 Å². The van der Waals surface area contributed by atoms with Crippen LogP contribution in [0.2, 0.25) is 0 Å². The van der Waals surface area contributed by atoms with Gasteiger partial charge in [0.15, 0.2) is 0 Å². The summed E-state index contributed by atoms with van der Waals surface area (Å²) in [6.07, 6.45) is 1.65. The molecule has 0 aromatic heterocycles. The number of carboxylic acids is 1. The van der Waals surface area contributed by atoms with E-state index >= 15 is 0 Å². The van der Waals surface area contributed by atoms with Crippen molar-refractivity contribution in [2.75, 3.05) is 20.6 Å². The van der Waals surface area contributed by atoms with Gasteiger partial charge >= 0.3 is 5.97 Å². The lowest BCUT2D eigenvalue weighted by atomic mass is 10.2. The molecule has 2 amide bonds. The molecular formula is C11H20N2O4. The molecule has 98 valence electrons. The van der Waals surface area contributed by atoms with E-state index in [9.17, 15) is 14.4 Å². The van der Waals surface area contributed by atoms with Gasteiger partial charge < -0.3 is 15.3 Å². The van der Waals surface area contributed by atoms with E-state index in [0.29, 0.717) is 32.2 Å². The van der Waals surface area contributed by atoms with Gasteiger partial charge in [-0.1, -0.05) is 0 Å². The maximum Gasteiger partial charge on any atom is 0.303 e. The first kappa shape index (κ1) is 15.4. The number of amides is 2. The smallest absolute Gasteiger partial charge is 0.303 e. The number of carboxylic acid groups (broad SMARTS) is 1. The molecule has 2 N–H and O–H groups in total. The van der Waals surface area contributed by atoms with E-state index in [2.05, 4.69) is 5.32 Å². The van der Waals surface area contributed by atoms with Gasteiger partial charge in [-0.2, -0.15) is 0 Å². The first-order chi connectivity index (χ1) is 7.93. The summed E-state index contributed by atoms with van der Waals surface area (Å²) in [5, 5.41) is 11.0. The number of rotatable bonds is 8. The minimum atomic E-state index is -0.865. The van der Waals surface area contributed by atoms with E-state index in [4.69, 9.17) is 5.11 Å². The quantitative estimate of drug-likeness (QED) is 0.598. The van der Waals surface area contributed by atoms with Crippen molar-refractivity contribution in [1.29, 1.82) is 0 Å². The van der Waals surface area contributed by atoms with Gasteiger partial charge in [-0.15, -0.1) is 0 Å². The first-order valence-electron chi connectivity index (χ1n) is 5.62. The molecule has 0 aromatic rings. The minimum absolute atomic E-state index is 0.00340. The molecular weight excluding hydrogens is 224 g/mol. The Kier molecular flexibility index (Phi) is 7.75. The Labute approximate surface area is 101 Å². The Hall–Kier alpha value is -1.59. The number of nitrogens with one attached hydrogen (secondary N) is 1. The highest BCUT2D eigenvalue weighted by atomic mass is 16.4.